The quantitative estimate of drug-likeness (QED) is 0.830. The maximum Gasteiger partial charge on any atom is 0.219 e. The first-order chi connectivity index (χ1) is 11.1. The van der Waals surface area contributed by atoms with Gasteiger partial charge in [-0.1, -0.05) is 13.0 Å². The highest BCUT2D eigenvalue weighted by atomic mass is 16.5. The van der Waals surface area contributed by atoms with Gasteiger partial charge >= 0.3 is 0 Å². The molecule has 23 heavy (non-hydrogen) atoms. The number of carbonyl (C=O) groups excluding carboxylic acids is 1. The Morgan fingerprint density at radius 2 is 2.30 bits per heavy atom. The van der Waals surface area contributed by atoms with Crippen molar-refractivity contribution in [2.45, 2.75) is 26.9 Å². The smallest absolute Gasteiger partial charge is 0.219 e. The molecule has 1 amide bonds. The number of aromatic nitrogens is 1. The third-order valence-corrected chi connectivity index (χ3v) is 5.46. The molecule has 3 rings (SSSR count). The van der Waals surface area contributed by atoms with E-state index in [1.54, 1.807) is 13.1 Å². The van der Waals surface area contributed by atoms with Crippen LogP contribution in [0.1, 0.15) is 26.0 Å². The van der Waals surface area contributed by atoms with Crippen molar-refractivity contribution in [3.8, 4) is 0 Å². The fourth-order valence-corrected chi connectivity index (χ4v) is 4.03. The molecule has 2 atom stereocenters. The number of rotatable bonds is 5. The molecular formula is C18H27N3O2. The Morgan fingerprint density at radius 1 is 1.43 bits per heavy atom. The number of carbonyl (C=O) groups is 1. The predicted molar refractivity (Wildman–Crippen MR) is 88.8 cm³/mol. The van der Waals surface area contributed by atoms with Crippen molar-refractivity contribution in [3.63, 3.8) is 0 Å². The number of hydrogen-bond donors (Lipinski definition) is 0. The first-order valence-electron chi connectivity index (χ1n) is 8.58. The third kappa shape index (κ3) is 3.56. The van der Waals surface area contributed by atoms with E-state index in [-0.39, 0.29) is 11.3 Å². The van der Waals surface area contributed by atoms with E-state index >= 15 is 0 Å². The highest BCUT2D eigenvalue weighted by Gasteiger charge is 2.50. The third-order valence-electron chi connectivity index (χ3n) is 5.46. The highest BCUT2D eigenvalue weighted by Crippen LogP contribution is 2.44. The van der Waals surface area contributed by atoms with E-state index in [9.17, 15) is 4.79 Å². The topological polar surface area (TPSA) is 45.7 Å². The van der Waals surface area contributed by atoms with Crippen LogP contribution in [0.25, 0.3) is 0 Å². The van der Waals surface area contributed by atoms with Gasteiger partial charge in [-0.05, 0) is 25.1 Å². The monoisotopic (exact) mass is 317 g/mol. The Bertz CT molecular complexity index is 536. The zero-order valence-electron chi connectivity index (χ0n) is 14.2. The van der Waals surface area contributed by atoms with Crippen LogP contribution in [-0.2, 0) is 16.1 Å². The largest absolute Gasteiger partial charge is 0.375 e. The van der Waals surface area contributed by atoms with Crippen molar-refractivity contribution in [2.75, 3.05) is 39.3 Å². The second kappa shape index (κ2) is 6.97. The van der Waals surface area contributed by atoms with Crippen LogP contribution in [0, 0.1) is 11.3 Å². The van der Waals surface area contributed by atoms with Gasteiger partial charge in [0.2, 0.25) is 5.91 Å². The summed E-state index contributed by atoms with van der Waals surface area (Å²) in [6, 6.07) is 5.91. The summed E-state index contributed by atoms with van der Waals surface area (Å²) in [5.41, 5.74) is 1.19. The van der Waals surface area contributed by atoms with Gasteiger partial charge in [0, 0.05) is 50.6 Å². The Hall–Kier alpha value is -1.46. The van der Waals surface area contributed by atoms with Gasteiger partial charge < -0.3 is 14.5 Å². The van der Waals surface area contributed by atoms with Gasteiger partial charge in [-0.2, -0.15) is 0 Å². The average molecular weight is 317 g/mol. The van der Waals surface area contributed by atoms with Crippen molar-refractivity contribution < 1.29 is 9.53 Å². The van der Waals surface area contributed by atoms with Crippen LogP contribution in [0.3, 0.4) is 0 Å². The lowest BCUT2D eigenvalue weighted by molar-refractivity contribution is -0.128. The molecule has 0 N–H and O–H groups in total. The van der Waals surface area contributed by atoms with E-state index in [2.05, 4.69) is 16.8 Å². The molecule has 1 aromatic rings. The molecule has 0 aliphatic carbocycles. The Balaban J connectivity index is 1.61. The maximum atomic E-state index is 11.7. The number of pyridine rings is 1. The standard InChI is InChI=1S/C18H27N3O2/c1-3-20-10-16(11-23-12-17-6-4-5-8-19-17)18(13-20)7-9-21(14-18)15(2)22/h4-6,8,16H,3,7,9-14H2,1-2H3/t16-,18-/m1/s1. The lowest BCUT2D eigenvalue weighted by atomic mass is 9.77. The lowest BCUT2D eigenvalue weighted by Crippen LogP contribution is -2.37. The fourth-order valence-electron chi connectivity index (χ4n) is 4.03. The number of nitrogens with zero attached hydrogens (tertiary/aromatic N) is 3. The molecule has 0 aromatic carbocycles. The molecule has 2 aliphatic rings. The molecular weight excluding hydrogens is 290 g/mol. The molecule has 1 spiro atoms. The Kier molecular flexibility index (Phi) is 4.97. The van der Waals surface area contributed by atoms with Crippen molar-refractivity contribution >= 4 is 5.91 Å². The fraction of sp³-hybridized carbons (Fsp3) is 0.667. The SMILES string of the molecule is CCN1C[C@H](COCc2ccccn2)[C@]2(CCN(C(C)=O)C2)C1. The minimum Gasteiger partial charge on any atom is -0.375 e. The lowest BCUT2D eigenvalue weighted by Gasteiger charge is -2.30. The van der Waals surface area contributed by atoms with Crippen molar-refractivity contribution in [1.82, 2.24) is 14.8 Å². The molecule has 0 bridgehead atoms. The molecule has 0 saturated carbocycles. The first-order valence-corrected chi connectivity index (χ1v) is 8.58. The summed E-state index contributed by atoms with van der Waals surface area (Å²) in [6.45, 7) is 10.2. The number of ether oxygens (including phenoxy) is 1. The zero-order chi connectivity index (χ0) is 16.3. The molecule has 2 saturated heterocycles. The summed E-state index contributed by atoms with van der Waals surface area (Å²) in [5, 5.41) is 0. The van der Waals surface area contributed by atoms with E-state index in [0.29, 0.717) is 12.5 Å². The second-order valence-electron chi connectivity index (χ2n) is 6.91. The molecule has 3 heterocycles. The van der Waals surface area contributed by atoms with Gasteiger partial charge in [0.25, 0.3) is 0 Å². The maximum absolute atomic E-state index is 11.7. The average Bonchev–Trinajstić information content (AvgIpc) is 3.14. The van der Waals surface area contributed by atoms with Crippen LogP contribution in [0.4, 0.5) is 0 Å². The number of hydrogen-bond acceptors (Lipinski definition) is 4. The van der Waals surface area contributed by atoms with Gasteiger partial charge in [-0.25, -0.2) is 0 Å². The molecule has 5 heteroatoms. The Morgan fingerprint density at radius 3 is 2.96 bits per heavy atom. The van der Waals surface area contributed by atoms with Crippen LogP contribution in [0.15, 0.2) is 24.4 Å². The molecule has 1 aromatic heterocycles. The van der Waals surface area contributed by atoms with Crippen molar-refractivity contribution in [2.24, 2.45) is 11.3 Å². The van der Waals surface area contributed by atoms with Crippen LogP contribution >= 0.6 is 0 Å². The van der Waals surface area contributed by atoms with E-state index in [4.69, 9.17) is 4.74 Å². The van der Waals surface area contributed by atoms with Gasteiger partial charge in [0.05, 0.1) is 18.9 Å². The zero-order valence-corrected chi connectivity index (χ0v) is 14.2. The highest BCUT2D eigenvalue weighted by molar-refractivity contribution is 5.73. The van der Waals surface area contributed by atoms with E-state index in [1.807, 2.05) is 23.1 Å². The first kappa shape index (κ1) is 16.4. The van der Waals surface area contributed by atoms with E-state index < -0.39 is 0 Å². The van der Waals surface area contributed by atoms with Crippen molar-refractivity contribution in [3.05, 3.63) is 30.1 Å². The molecule has 0 radical (unpaired) electrons. The number of likely N-dealkylation sites (tertiary alicyclic amines) is 2. The molecule has 126 valence electrons. The summed E-state index contributed by atoms with van der Waals surface area (Å²) in [4.78, 5) is 20.5. The van der Waals surface area contributed by atoms with Gasteiger partial charge in [-0.15, -0.1) is 0 Å². The van der Waals surface area contributed by atoms with Gasteiger partial charge in [0.15, 0.2) is 0 Å². The van der Waals surface area contributed by atoms with E-state index in [0.717, 1.165) is 51.4 Å². The van der Waals surface area contributed by atoms with Crippen molar-refractivity contribution in [1.29, 1.82) is 0 Å². The van der Waals surface area contributed by atoms with Crippen LogP contribution in [0.2, 0.25) is 0 Å². The van der Waals surface area contributed by atoms with Crippen LogP contribution < -0.4 is 0 Å². The Labute approximate surface area is 138 Å². The minimum atomic E-state index is 0.199. The van der Waals surface area contributed by atoms with Crippen LogP contribution in [0.5, 0.6) is 0 Å². The van der Waals surface area contributed by atoms with Crippen LogP contribution in [-0.4, -0.2) is 60.0 Å². The molecule has 2 fully saturated rings. The second-order valence-corrected chi connectivity index (χ2v) is 6.91. The van der Waals surface area contributed by atoms with E-state index in [1.165, 1.54) is 0 Å². The molecule has 2 aliphatic heterocycles. The predicted octanol–water partition coefficient (Wildman–Crippen LogP) is 1.79. The summed E-state index contributed by atoms with van der Waals surface area (Å²) in [7, 11) is 0. The number of amides is 1. The molecule has 0 unspecified atom stereocenters. The summed E-state index contributed by atoms with van der Waals surface area (Å²) >= 11 is 0. The molecule has 5 nitrogen and oxygen atoms in total. The van der Waals surface area contributed by atoms with Gasteiger partial charge in [-0.3, -0.25) is 9.78 Å². The van der Waals surface area contributed by atoms with Gasteiger partial charge in [0.1, 0.15) is 0 Å². The normalized spacial score (nSPS) is 27.9. The minimum absolute atomic E-state index is 0.199. The summed E-state index contributed by atoms with van der Waals surface area (Å²) in [6.07, 6.45) is 2.90. The summed E-state index contributed by atoms with van der Waals surface area (Å²) < 4.78 is 5.99. The summed E-state index contributed by atoms with van der Waals surface area (Å²) in [5.74, 6) is 0.695.